The number of carbonyl (C=O) groups is 1. The van der Waals surface area contributed by atoms with Crippen molar-refractivity contribution < 1.29 is 4.79 Å². The highest BCUT2D eigenvalue weighted by Gasteiger charge is 2.53. The highest BCUT2D eigenvalue weighted by Crippen LogP contribution is 2.61. The molecule has 4 bridgehead atoms. The molecule has 0 spiro atoms. The molecule has 1 unspecified atom stereocenters. The lowest BCUT2D eigenvalue weighted by molar-refractivity contribution is -0.121. The molecular weight excluding hydrogens is 353 g/mol. The minimum Gasteiger partial charge on any atom is -0.350 e. The molecule has 1 aromatic carbocycles. The van der Waals surface area contributed by atoms with Crippen molar-refractivity contribution in [3.05, 3.63) is 39.9 Å². The Morgan fingerprint density at radius 1 is 1.12 bits per heavy atom. The van der Waals surface area contributed by atoms with Crippen LogP contribution in [0.3, 0.4) is 0 Å². The summed E-state index contributed by atoms with van der Waals surface area (Å²) in [7, 11) is 0. The molecule has 134 valence electrons. The summed E-state index contributed by atoms with van der Waals surface area (Å²) in [5.41, 5.74) is 1.02. The van der Waals surface area contributed by atoms with E-state index in [0.29, 0.717) is 21.0 Å². The summed E-state index contributed by atoms with van der Waals surface area (Å²) in [6.45, 7) is 2.20. The minimum atomic E-state index is -0.0563. The first-order valence-electron chi connectivity index (χ1n) is 9.38. The molecule has 1 aromatic rings. The van der Waals surface area contributed by atoms with Crippen molar-refractivity contribution in [1.29, 1.82) is 0 Å². The van der Waals surface area contributed by atoms with Gasteiger partial charge in [0.1, 0.15) is 0 Å². The van der Waals surface area contributed by atoms with E-state index in [1.165, 1.54) is 38.5 Å². The molecule has 0 heterocycles. The SMILES string of the molecule is CC(NC(=O)/C=C/c1c(Cl)cccc1Cl)C12CC3CC(CC(C3)C1)C2. The Hall–Kier alpha value is -0.990. The summed E-state index contributed by atoms with van der Waals surface area (Å²) in [6.07, 6.45) is 11.4. The molecule has 1 atom stereocenters. The number of hydrogen-bond acceptors (Lipinski definition) is 1. The van der Waals surface area contributed by atoms with Crippen LogP contribution in [-0.4, -0.2) is 11.9 Å². The molecule has 1 N–H and O–H groups in total. The number of benzene rings is 1. The van der Waals surface area contributed by atoms with Gasteiger partial charge in [-0.25, -0.2) is 0 Å². The third kappa shape index (κ3) is 3.36. The maximum absolute atomic E-state index is 12.5. The number of carbonyl (C=O) groups excluding carboxylic acids is 1. The van der Waals surface area contributed by atoms with Gasteiger partial charge in [0.25, 0.3) is 0 Å². The van der Waals surface area contributed by atoms with E-state index in [0.717, 1.165) is 17.8 Å². The van der Waals surface area contributed by atoms with Crippen LogP contribution in [0.2, 0.25) is 10.0 Å². The average Bonchev–Trinajstić information content (AvgIpc) is 2.53. The number of halogens is 2. The molecule has 4 aliphatic carbocycles. The first kappa shape index (κ1) is 17.4. The van der Waals surface area contributed by atoms with Crippen LogP contribution in [0.5, 0.6) is 0 Å². The van der Waals surface area contributed by atoms with Gasteiger partial charge in [0.15, 0.2) is 0 Å². The van der Waals surface area contributed by atoms with Gasteiger partial charge in [-0.15, -0.1) is 0 Å². The van der Waals surface area contributed by atoms with Gasteiger partial charge >= 0.3 is 0 Å². The second-order valence-corrected chi connectivity index (χ2v) is 9.29. The maximum atomic E-state index is 12.5. The van der Waals surface area contributed by atoms with Crippen LogP contribution in [0, 0.1) is 23.2 Å². The molecule has 0 aromatic heterocycles. The highest BCUT2D eigenvalue weighted by atomic mass is 35.5. The van der Waals surface area contributed by atoms with Crippen molar-refractivity contribution in [1.82, 2.24) is 5.32 Å². The summed E-state index contributed by atoms with van der Waals surface area (Å²) in [6, 6.07) is 5.59. The van der Waals surface area contributed by atoms with Crippen LogP contribution < -0.4 is 5.32 Å². The smallest absolute Gasteiger partial charge is 0.244 e. The molecule has 25 heavy (non-hydrogen) atoms. The van der Waals surface area contributed by atoms with Crippen LogP contribution in [0.1, 0.15) is 51.0 Å². The Morgan fingerprint density at radius 3 is 2.16 bits per heavy atom. The van der Waals surface area contributed by atoms with E-state index < -0.39 is 0 Å². The fourth-order valence-corrected chi connectivity index (χ4v) is 6.47. The molecule has 0 saturated heterocycles. The number of hydrogen-bond donors (Lipinski definition) is 1. The summed E-state index contributed by atoms with van der Waals surface area (Å²) in [5, 5.41) is 4.36. The van der Waals surface area contributed by atoms with Crippen molar-refractivity contribution in [2.45, 2.75) is 51.5 Å². The van der Waals surface area contributed by atoms with Crippen LogP contribution in [0.4, 0.5) is 0 Å². The molecule has 0 aliphatic heterocycles. The summed E-state index contributed by atoms with van der Waals surface area (Å²) < 4.78 is 0. The highest BCUT2D eigenvalue weighted by molar-refractivity contribution is 6.37. The van der Waals surface area contributed by atoms with Crippen molar-refractivity contribution in [3.63, 3.8) is 0 Å². The monoisotopic (exact) mass is 377 g/mol. The zero-order valence-corrected chi connectivity index (χ0v) is 16.1. The lowest BCUT2D eigenvalue weighted by Gasteiger charge is -2.59. The van der Waals surface area contributed by atoms with Crippen molar-refractivity contribution in [2.75, 3.05) is 0 Å². The maximum Gasteiger partial charge on any atom is 0.244 e. The Balaban J connectivity index is 1.43. The third-order valence-electron chi connectivity index (χ3n) is 6.76. The van der Waals surface area contributed by atoms with Crippen molar-refractivity contribution in [3.8, 4) is 0 Å². The zero-order valence-electron chi connectivity index (χ0n) is 14.6. The minimum absolute atomic E-state index is 0.0563. The first-order chi connectivity index (χ1) is 11.9. The van der Waals surface area contributed by atoms with E-state index in [-0.39, 0.29) is 11.9 Å². The lowest BCUT2D eigenvalue weighted by Crippen LogP contribution is -2.55. The van der Waals surface area contributed by atoms with Crippen LogP contribution in [0.25, 0.3) is 6.08 Å². The second kappa shape index (κ2) is 6.63. The quantitative estimate of drug-likeness (QED) is 0.667. The summed E-state index contributed by atoms with van der Waals surface area (Å²) in [5.74, 6) is 2.62. The molecular formula is C21H25Cl2NO. The van der Waals surface area contributed by atoms with Gasteiger partial charge in [-0.1, -0.05) is 29.3 Å². The Bertz CT molecular complexity index is 656. The largest absolute Gasteiger partial charge is 0.350 e. The fourth-order valence-electron chi connectivity index (χ4n) is 5.95. The van der Waals surface area contributed by atoms with Gasteiger partial charge in [-0.3, -0.25) is 4.79 Å². The molecule has 4 saturated carbocycles. The van der Waals surface area contributed by atoms with E-state index in [2.05, 4.69) is 12.2 Å². The van der Waals surface area contributed by atoms with Crippen LogP contribution in [-0.2, 0) is 4.79 Å². The number of rotatable bonds is 4. The van der Waals surface area contributed by atoms with Gasteiger partial charge in [-0.05, 0) is 86.8 Å². The topological polar surface area (TPSA) is 29.1 Å². The average molecular weight is 378 g/mol. The van der Waals surface area contributed by atoms with Crippen molar-refractivity contribution in [2.24, 2.45) is 23.2 Å². The lowest BCUT2D eigenvalue weighted by atomic mass is 9.48. The third-order valence-corrected chi connectivity index (χ3v) is 7.42. The first-order valence-corrected chi connectivity index (χ1v) is 10.1. The number of amides is 1. The summed E-state index contributed by atoms with van der Waals surface area (Å²) >= 11 is 12.3. The predicted octanol–water partition coefficient (Wildman–Crippen LogP) is 5.73. The molecule has 0 radical (unpaired) electrons. The van der Waals surface area contributed by atoms with Crippen molar-refractivity contribution >= 4 is 35.2 Å². The number of nitrogens with one attached hydrogen (secondary N) is 1. The summed E-state index contributed by atoms with van der Waals surface area (Å²) in [4.78, 5) is 12.5. The van der Waals surface area contributed by atoms with Gasteiger partial charge in [-0.2, -0.15) is 0 Å². The Kier molecular flexibility index (Phi) is 4.62. The molecule has 2 nitrogen and oxygen atoms in total. The Morgan fingerprint density at radius 2 is 1.64 bits per heavy atom. The van der Waals surface area contributed by atoms with E-state index >= 15 is 0 Å². The van der Waals surface area contributed by atoms with Gasteiger partial charge in [0, 0.05) is 27.7 Å². The van der Waals surface area contributed by atoms with Gasteiger partial charge in [0.2, 0.25) is 5.91 Å². The van der Waals surface area contributed by atoms with E-state index in [1.54, 1.807) is 30.4 Å². The van der Waals surface area contributed by atoms with E-state index in [1.807, 2.05) is 0 Å². The molecule has 4 fully saturated rings. The van der Waals surface area contributed by atoms with Crippen LogP contribution >= 0.6 is 23.2 Å². The van der Waals surface area contributed by atoms with Crippen LogP contribution in [0.15, 0.2) is 24.3 Å². The van der Waals surface area contributed by atoms with Gasteiger partial charge < -0.3 is 5.32 Å². The normalized spacial score (nSPS) is 34.4. The standard InChI is InChI=1S/C21H25Cl2NO/c1-13(21-10-14-7-15(11-21)9-16(8-14)12-21)24-20(25)6-5-17-18(22)3-2-4-19(17)23/h2-6,13-16H,7-12H2,1H3,(H,24,25)/b6-5+. The van der Waals surface area contributed by atoms with E-state index in [9.17, 15) is 4.79 Å². The fraction of sp³-hybridized carbons (Fsp3) is 0.571. The predicted molar refractivity (Wildman–Crippen MR) is 104 cm³/mol. The molecule has 1 amide bonds. The van der Waals surface area contributed by atoms with E-state index in [4.69, 9.17) is 23.2 Å². The second-order valence-electron chi connectivity index (χ2n) is 8.48. The Labute approximate surface area is 160 Å². The van der Waals surface area contributed by atoms with Gasteiger partial charge in [0.05, 0.1) is 0 Å². The molecule has 4 heteroatoms. The molecule has 4 aliphatic rings. The molecule has 5 rings (SSSR count). The zero-order chi connectivity index (χ0) is 17.6.